The SMILES string of the molecule is Cn1c(N2CCCC(C(=O)N3CCN(c4cccc(Cl)c4)CC3)C2)cc(=O)n(C)c1=O. The van der Waals surface area contributed by atoms with Gasteiger partial charge in [0, 0.05) is 70.1 Å². The molecule has 0 radical (unpaired) electrons. The molecule has 2 aromatic rings. The Morgan fingerprint density at radius 2 is 1.71 bits per heavy atom. The predicted octanol–water partition coefficient (Wildman–Crippen LogP) is 1.30. The van der Waals surface area contributed by atoms with Gasteiger partial charge in [-0.2, -0.15) is 0 Å². The first-order valence-corrected chi connectivity index (χ1v) is 11.0. The second kappa shape index (κ2) is 8.78. The summed E-state index contributed by atoms with van der Waals surface area (Å²) in [5.41, 5.74) is 0.395. The summed E-state index contributed by atoms with van der Waals surface area (Å²) in [6.07, 6.45) is 1.67. The van der Waals surface area contributed by atoms with Gasteiger partial charge < -0.3 is 14.7 Å². The molecule has 9 heteroatoms. The Balaban J connectivity index is 1.42. The Morgan fingerprint density at radius 1 is 0.968 bits per heavy atom. The van der Waals surface area contributed by atoms with Gasteiger partial charge in [0.1, 0.15) is 5.82 Å². The molecular formula is C22H28ClN5O3. The van der Waals surface area contributed by atoms with Crippen molar-refractivity contribution in [2.45, 2.75) is 12.8 Å². The van der Waals surface area contributed by atoms with E-state index in [1.54, 1.807) is 7.05 Å². The maximum Gasteiger partial charge on any atom is 0.332 e. The fourth-order valence-electron chi connectivity index (χ4n) is 4.53. The highest BCUT2D eigenvalue weighted by atomic mass is 35.5. The van der Waals surface area contributed by atoms with Crippen molar-refractivity contribution >= 4 is 29.0 Å². The molecule has 3 heterocycles. The van der Waals surface area contributed by atoms with E-state index in [-0.39, 0.29) is 23.1 Å². The average Bonchev–Trinajstić information content (AvgIpc) is 2.80. The smallest absolute Gasteiger partial charge is 0.332 e. The number of aromatic nitrogens is 2. The summed E-state index contributed by atoms with van der Waals surface area (Å²) < 4.78 is 2.58. The quantitative estimate of drug-likeness (QED) is 0.712. The minimum absolute atomic E-state index is 0.134. The zero-order valence-corrected chi connectivity index (χ0v) is 18.7. The van der Waals surface area contributed by atoms with Crippen molar-refractivity contribution in [3.8, 4) is 0 Å². The zero-order chi connectivity index (χ0) is 22.1. The molecule has 1 aromatic heterocycles. The summed E-state index contributed by atoms with van der Waals surface area (Å²) in [6.45, 7) is 4.14. The van der Waals surface area contributed by atoms with E-state index in [0.29, 0.717) is 30.5 Å². The second-order valence-electron chi connectivity index (χ2n) is 8.32. The van der Waals surface area contributed by atoms with Crippen LogP contribution in [0.5, 0.6) is 0 Å². The molecule has 2 saturated heterocycles. The molecule has 1 aromatic carbocycles. The van der Waals surface area contributed by atoms with Crippen molar-refractivity contribution in [1.82, 2.24) is 14.0 Å². The number of anilines is 2. The Hall–Kier alpha value is -2.74. The standard InChI is InChI=1S/C22H28ClN5O3/c1-24-19(14-20(29)25(2)22(24)31)28-8-4-5-16(15-28)21(30)27-11-9-26(10-12-27)18-7-3-6-17(23)13-18/h3,6-7,13-14,16H,4-5,8-12,15H2,1-2H3. The molecule has 0 aliphatic carbocycles. The monoisotopic (exact) mass is 445 g/mol. The van der Waals surface area contributed by atoms with Crippen LogP contribution in [0.25, 0.3) is 0 Å². The second-order valence-corrected chi connectivity index (χ2v) is 8.76. The lowest BCUT2D eigenvalue weighted by molar-refractivity contribution is -0.136. The van der Waals surface area contributed by atoms with Gasteiger partial charge in [0.15, 0.2) is 0 Å². The van der Waals surface area contributed by atoms with Gasteiger partial charge in [-0.05, 0) is 31.0 Å². The van der Waals surface area contributed by atoms with E-state index in [9.17, 15) is 14.4 Å². The van der Waals surface area contributed by atoms with E-state index >= 15 is 0 Å². The molecule has 2 aliphatic rings. The number of amides is 1. The fraction of sp³-hybridized carbons (Fsp3) is 0.500. The lowest BCUT2D eigenvalue weighted by Gasteiger charge is -2.40. The molecule has 0 spiro atoms. The van der Waals surface area contributed by atoms with Crippen molar-refractivity contribution in [3.63, 3.8) is 0 Å². The van der Waals surface area contributed by atoms with Crippen LogP contribution in [0.4, 0.5) is 11.5 Å². The Kier molecular flexibility index (Phi) is 6.09. The maximum absolute atomic E-state index is 13.2. The summed E-state index contributed by atoms with van der Waals surface area (Å²) in [4.78, 5) is 43.8. The normalized spacial score (nSPS) is 19.6. The number of rotatable bonds is 3. The zero-order valence-electron chi connectivity index (χ0n) is 18.0. The number of hydrogen-bond acceptors (Lipinski definition) is 5. The number of piperidine rings is 1. The van der Waals surface area contributed by atoms with E-state index in [0.717, 1.165) is 42.7 Å². The lowest BCUT2D eigenvalue weighted by atomic mass is 9.96. The molecular weight excluding hydrogens is 418 g/mol. The number of hydrogen-bond donors (Lipinski definition) is 0. The summed E-state index contributed by atoms with van der Waals surface area (Å²) in [6, 6.07) is 9.27. The van der Waals surface area contributed by atoms with E-state index in [4.69, 9.17) is 11.6 Å². The van der Waals surface area contributed by atoms with Gasteiger partial charge in [-0.25, -0.2) is 4.79 Å². The molecule has 0 bridgehead atoms. The van der Waals surface area contributed by atoms with Crippen LogP contribution < -0.4 is 21.0 Å². The van der Waals surface area contributed by atoms with Crippen LogP contribution in [0, 0.1) is 5.92 Å². The van der Waals surface area contributed by atoms with Crippen LogP contribution in [-0.4, -0.2) is 59.2 Å². The topological polar surface area (TPSA) is 70.8 Å². The molecule has 0 N–H and O–H groups in total. The van der Waals surface area contributed by atoms with Crippen LogP contribution in [0.1, 0.15) is 12.8 Å². The highest BCUT2D eigenvalue weighted by Gasteiger charge is 2.32. The first-order chi connectivity index (χ1) is 14.8. The average molecular weight is 446 g/mol. The number of halogens is 1. The van der Waals surface area contributed by atoms with Gasteiger partial charge in [-0.3, -0.25) is 18.7 Å². The van der Waals surface area contributed by atoms with Crippen molar-refractivity contribution < 1.29 is 4.79 Å². The van der Waals surface area contributed by atoms with Gasteiger partial charge in [0.05, 0.1) is 5.92 Å². The molecule has 1 atom stereocenters. The first kappa shape index (κ1) is 21.5. The maximum atomic E-state index is 13.2. The summed E-state index contributed by atoms with van der Waals surface area (Å²) in [5.74, 6) is 0.603. The van der Waals surface area contributed by atoms with Gasteiger partial charge in [-0.15, -0.1) is 0 Å². The minimum atomic E-state index is -0.354. The van der Waals surface area contributed by atoms with Crippen molar-refractivity contribution in [1.29, 1.82) is 0 Å². The largest absolute Gasteiger partial charge is 0.368 e. The molecule has 2 aliphatic heterocycles. The molecule has 2 fully saturated rings. The van der Waals surface area contributed by atoms with Crippen molar-refractivity contribution in [2.24, 2.45) is 20.0 Å². The first-order valence-electron chi connectivity index (χ1n) is 10.7. The number of carbonyl (C=O) groups excluding carboxylic acids is 1. The molecule has 31 heavy (non-hydrogen) atoms. The molecule has 4 rings (SSSR count). The molecule has 0 saturated carbocycles. The van der Waals surface area contributed by atoms with Crippen LogP contribution >= 0.6 is 11.6 Å². The summed E-state index contributed by atoms with van der Waals surface area (Å²) in [5, 5.41) is 0.712. The number of carbonyl (C=O) groups is 1. The number of benzene rings is 1. The van der Waals surface area contributed by atoms with Crippen LogP contribution in [-0.2, 0) is 18.9 Å². The van der Waals surface area contributed by atoms with Gasteiger partial charge in [-0.1, -0.05) is 17.7 Å². The highest BCUT2D eigenvalue weighted by Crippen LogP contribution is 2.25. The third-order valence-electron chi connectivity index (χ3n) is 6.36. The van der Waals surface area contributed by atoms with Gasteiger partial charge in [0.25, 0.3) is 5.56 Å². The summed E-state index contributed by atoms with van der Waals surface area (Å²) >= 11 is 6.11. The van der Waals surface area contributed by atoms with Crippen molar-refractivity contribution in [3.05, 3.63) is 56.2 Å². The van der Waals surface area contributed by atoms with E-state index in [1.807, 2.05) is 34.1 Å². The van der Waals surface area contributed by atoms with Crippen molar-refractivity contribution in [2.75, 3.05) is 49.1 Å². The van der Waals surface area contributed by atoms with E-state index in [1.165, 1.54) is 17.7 Å². The van der Waals surface area contributed by atoms with Crippen LogP contribution in [0.15, 0.2) is 39.9 Å². The van der Waals surface area contributed by atoms with Gasteiger partial charge >= 0.3 is 5.69 Å². The lowest BCUT2D eigenvalue weighted by Crippen LogP contribution is -2.53. The third-order valence-corrected chi connectivity index (χ3v) is 6.60. The Labute approximate surface area is 186 Å². The molecule has 166 valence electrons. The Morgan fingerprint density at radius 3 is 2.42 bits per heavy atom. The summed E-state index contributed by atoms with van der Waals surface area (Å²) in [7, 11) is 3.14. The Bertz CT molecular complexity index is 1090. The van der Waals surface area contributed by atoms with E-state index in [2.05, 4.69) is 4.90 Å². The number of nitrogens with zero attached hydrogens (tertiary/aromatic N) is 5. The highest BCUT2D eigenvalue weighted by molar-refractivity contribution is 6.30. The van der Waals surface area contributed by atoms with Gasteiger partial charge in [0.2, 0.25) is 5.91 Å². The van der Waals surface area contributed by atoms with E-state index < -0.39 is 0 Å². The fourth-order valence-corrected chi connectivity index (χ4v) is 4.71. The minimum Gasteiger partial charge on any atom is -0.368 e. The molecule has 8 nitrogen and oxygen atoms in total. The number of piperazine rings is 1. The third kappa shape index (κ3) is 4.35. The molecule has 1 unspecified atom stereocenters. The van der Waals surface area contributed by atoms with Crippen LogP contribution in [0.3, 0.4) is 0 Å². The predicted molar refractivity (Wildman–Crippen MR) is 122 cm³/mol. The molecule has 1 amide bonds. The van der Waals surface area contributed by atoms with Crippen LogP contribution in [0.2, 0.25) is 5.02 Å².